The van der Waals surface area contributed by atoms with E-state index >= 15 is 0 Å². The molecule has 1 saturated heterocycles. The van der Waals surface area contributed by atoms with E-state index in [-0.39, 0.29) is 0 Å². The number of hydrogen-bond acceptors (Lipinski definition) is 5. The van der Waals surface area contributed by atoms with Gasteiger partial charge in [0.1, 0.15) is 11.6 Å². The first-order valence-corrected chi connectivity index (χ1v) is 8.56. The number of hydrogen-bond donors (Lipinski definition) is 2. The highest BCUT2D eigenvalue weighted by atomic mass is 15.3. The van der Waals surface area contributed by atoms with Gasteiger partial charge >= 0.3 is 0 Å². The second kappa shape index (κ2) is 6.05. The van der Waals surface area contributed by atoms with Gasteiger partial charge in [0.15, 0.2) is 0 Å². The number of nitrogens with one attached hydrogen (secondary N) is 1. The molecule has 3 heterocycles. The van der Waals surface area contributed by atoms with Crippen LogP contribution in [0.4, 0.5) is 0 Å². The Morgan fingerprint density at radius 3 is 2.65 bits per heavy atom. The molecule has 1 saturated carbocycles. The van der Waals surface area contributed by atoms with Crippen molar-refractivity contribution in [2.24, 2.45) is 12.8 Å². The maximum Gasteiger partial charge on any atom is 0.146 e. The van der Waals surface area contributed by atoms with Gasteiger partial charge in [-0.05, 0) is 44.8 Å². The van der Waals surface area contributed by atoms with Gasteiger partial charge in [0.2, 0.25) is 0 Å². The largest absolute Gasteiger partial charge is 0.328 e. The van der Waals surface area contributed by atoms with Crippen molar-refractivity contribution in [1.29, 1.82) is 0 Å². The number of rotatable bonds is 4. The summed E-state index contributed by atoms with van der Waals surface area (Å²) in [6, 6.07) is 2.44. The molecule has 0 bridgehead atoms. The molecular formula is C16H25N7. The van der Waals surface area contributed by atoms with Gasteiger partial charge in [-0.2, -0.15) is 5.10 Å². The molecule has 2 fully saturated rings. The molecule has 0 amide bonds. The molecule has 124 valence electrons. The van der Waals surface area contributed by atoms with E-state index in [1.54, 1.807) is 0 Å². The zero-order valence-electron chi connectivity index (χ0n) is 13.6. The van der Waals surface area contributed by atoms with Crippen molar-refractivity contribution in [3.05, 3.63) is 29.6 Å². The van der Waals surface area contributed by atoms with Crippen molar-refractivity contribution in [1.82, 2.24) is 29.9 Å². The minimum atomic E-state index is 0.349. The van der Waals surface area contributed by atoms with Gasteiger partial charge in [-0.25, -0.2) is 0 Å². The Labute approximate surface area is 136 Å². The van der Waals surface area contributed by atoms with Crippen LogP contribution in [-0.2, 0) is 13.6 Å². The van der Waals surface area contributed by atoms with Gasteiger partial charge in [0.25, 0.3) is 0 Å². The lowest BCUT2D eigenvalue weighted by atomic mass is 9.80. The standard InChI is InChI=1S/C16H25N7/c1-22-15(20-21-16(22)12-8-13(17)9-12)10-23-6-3-11(4-7-23)14-2-5-18-19-14/h2,5,11-13H,3-4,6-10,17H2,1H3,(H,18,19). The van der Waals surface area contributed by atoms with E-state index in [9.17, 15) is 0 Å². The summed E-state index contributed by atoms with van der Waals surface area (Å²) in [4.78, 5) is 2.48. The van der Waals surface area contributed by atoms with Crippen molar-refractivity contribution in [3.63, 3.8) is 0 Å². The van der Waals surface area contributed by atoms with Crippen LogP contribution in [0.5, 0.6) is 0 Å². The zero-order valence-corrected chi connectivity index (χ0v) is 13.6. The lowest BCUT2D eigenvalue weighted by Gasteiger charge is -2.32. The fourth-order valence-electron chi connectivity index (χ4n) is 3.84. The topological polar surface area (TPSA) is 88.7 Å². The summed E-state index contributed by atoms with van der Waals surface area (Å²) in [5.74, 6) is 3.29. The molecule has 7 nitrogen and oxygen atoms in total. The van der Waals surface area contributed by atoms with Crippen LogP contribution in [0.25, 0.3) is 0 Å². The van der Waals surface area contributed by atoms with Crippen LogP contribution < -0.4 is 5.73 Å². The van der Waals surface area contributed by atoms with E-state index in [1.165, 1.54) is 18.5 Å². The Hall–Kier alpha value is -1.73. The first-order valence-electron chi connectivity index (χ1n) is 8.56. The Kier molecular flexibility index (Phi) is 3.90. The van der Waals surface area contributed by atoms with Crippen LogP contribution in [0.1, 0.15) is 54.9 Å². The fourth-order valence-corrected chi connectivity index (χ4v) is 3.84. The average molecular weight is 315 g/mol. The third-order valence-electron chi connectivity index (χ3n) is 5.45. The molecular weight excluding hydrogens is 290 g/mol. The molecule has 0 spiro atoms. The van der Waals surface area contributed by atoms with E-state index in [1.807, 2.05) is 6.20 Å². The van der Waals surface area contributed by atoms with E-state index < -0.39 is 0 Å². The first kappa shape index (κ1) is 14.8. The number of piperidine rings is 1. The van der Waals surface area contributed by atoms with Gasteiger partial charge in [-0.3, -0.25) is 10.00 Å². The second-order valence-corrected chi connectivity index (χ2v) is 7.02. The Bertz CT molecular complexity index is 633. The molecule has 0 unspecified atom stereocenters. The minimum Gasteiger partial charge on any atom is -0.328 e. The number of nitrogens with zero attached hydrogens (tertiary/aromatic N) is 5. The molecule has 1 aliphatic heterocycles. The molecule has 2 aliphatic rings. The normalized spacial score (nSPS) is 26.3. The van der Waals surface area contributed by atoms with Crippen LogP contribution in [-0.4, -0.2) is 49.0 Å². The van der Waals surface area contributed by atoms with Gasteiger partial charge in [-0.15, -0.1) is 10.2 Å². The Balaban J connectivity index is 1.34. The summed E-state index contributed by atoms with van der Waals surface area (Å²) < 4.78 is 2.18. The van der Waals surface area contributed by atoms with Crippen LogP contribution in [0, 0.1) is 0 Å². The lowest BCUT2D eigenvalue weighted by molar-refractivity contribution is 0.196. The number of aromatic amines is 1. The summed E-state index contributed by atoms with van der Waals surface area (Å²) >= 11 is 0. The van der Waals surface area contributed by atoms with Crippen molar-refractivity contribution in [2.75, 3.05) is 13.1 Å². The van der Waals surface area contributed by atoms with E-state index in [0.717, 1.165) is 44.1 Å². The monoisotopic (exact) mass is 315 g/mol. The van der Waals surface area contributed by atoms with E-state index in [0.29, 0.717) is 17.9 Å². The maximum atomic E-state index is 5.89. The van der Waals surface area contributed by atoms with Gasteiger partial charge in [-0.1, -0.05) is 0 Å². The third kappa shape index (κ3) is 2.90. The van der Waals surface area contributed by atoms with Gasteiger partial charge < -0.3 is 10.3 Å². The number of H-pyrrole nitrogens is 1. The summed E-state index contributed by atoms with van der Waals surface area (Å²) in [6.45, 7) is 3.08. The molecule has 3 N–H and O–H groups in total. The van der Waals surface area contributed by atoms with E-state index in [4.69, 9.17) is 5.73 Å². The second-order valence-electron chi connectivity index (χ2n) is 7.02. The average Bonchev–Trinajstić information content (AvgIpc) is 3.17. The van der Waals surface area contributed by atoms with Crippen LogP contribution in [0.3, 0.4) is 0 Å². The molecule has 1 aliphatic carbocycles. The molecule has 2 aromatic rings. The number of nitrogens with two attached hydrogens (primary N) is 1. The molecule has 0 aromatic carbocycles. The minimum absolute atomic E-state index is 0.349. The summed E-state index contributed by atoms with van der Waals surface area (Å²) in [5.41, 5.74) is 7.16. The van der Waals surface area contributed by atoms with Crippen LogP contribution in [0.2, 0.25) is 0 Å². The quantitative estimate of drug-likeness (QED) is 0.883. The molecule has 7 heteroatoms. The first-order chi connectivity index (χ1) is 11.2. The predicted octanol–water partition coefficient (Wildman–Crippen LogP) is 1.12. The number of likely N-dealkylation sites (tertiary alicyclic amines) is 1. The van der Waals surface area contributed by atoms with E-state index in [2.05, 4.69) is 43.0 Å². The van der Waals surface area contributed by atoms with Crippen molar-refractivity contribution in [3.8, 4) is 0 Å². The molecule has 2 aromatic heterocycles. The lowest BCUT2D eigenvalue weighted by Crippen LogP contribution is -2.36. The summed E-state index contributed by atoms with van der Waals surface area (Å²) in [7, 11) is 2.09. The Morgan fingerprint density at radius 2 is 2.00 bits per heavy atom. The highest BCUT2D eigenvalue weighted by Crippen LogP contribution is 2.34. The van der Waals surface area contributed by atoms with Crippen molar-refractivity contribution in [2.45, 2.75) is 50.1 Å². The van der Waals surface area contributed by atoms with Gasteiger partial charge in [0.05, 0.1) is 6.54 Å². The zero-order chi connectivity index (χ0) is 15.8. The van der Waals surface area contributed by atoms with Crippen molar-refractivity contribution < 1.29 is 0 Å². The molecule has 0 atom stereocenters. The Morgan fingerprint density at radius 1 is 1.22 bits per heavy atom. The van der Waals surface area contributed by atoms with Gasteiger partial charge in [0, 0.05) is 36.8 Å². The highest BCUT2D eigenvalue weighted by molar-refractivity contribution is 5.09. The van der Waals surface area contributed by atoms with Crippen LogP contribution in [0.15, 0.2) is 12.3 Å². The SMILES string of the molecule is Cn1c(CN2CCC(c3ccn[nH]3)CC2)nnc1C1CC(N)C1. The molecule has 0 radical (unpaired) electrons. The fraction of sp³-hybridized carbons (Fsp3) is 0.688. The summed E-state index contributed by atoms with van der Waals surface area (Å²) in [5, 5.41) is 16.0. The molecule has 23 heavy (non-hydrogen) atoms. The van der Waals surface area contributed by atoms with Crippen molar-refractivity contribution >= 4 is 0 Å². The predicted molar refractivity (Wildman–Crippen MR) is 86.8 cm³/mol. The maximum absolute atomic E-state index is 5.89. The number of aromatic nitrogens is 5. The summed E-state index contributed by atoms with van der Waals surface area (Å²) in [6.07, 6.45) is 6.27. The highest BCUT2D eigenvalue weighted by Gasteiger charge is 2.32. The van der Waals surface area contributed by atoms with Crippen LogP contribution >= 0.6 is 0 Å². The smallest absolute Gasteiger partial charge is 0.146 e. The third-order valence-corrected chi connectivity index (χ3v) is 5.45. The molecule has 4 rings (SSSR count).